The van der Waals surface area contributed by atoms with Crippen molar-refractivity contribution in [2.24, 2.45) is 5.73 Å². The Kier molecular flexibility index (Phi) is 4.41. The molecule has 15 heavy (non-hydrogen) atoms. The van der Waals surface area contributed by atoms with Crippen LogP contribution in [0, 0.1) is 3.57 Å². The predicted octanol–water partition coefficient (Wildman–Crippen LogP) is 2.49. The topological polar surface area (TPSA) is 44.5 Å². The Morgan fingerprint density at radius 1 is 1.40 bits per heavy atom. The fourth-order valence-electron chi connectivity index (χ4n) is 1.27. The van der Waals surface area contributed by atoms with Crippen molar-refractivity contribution in [1.29, 1.82) is 0 Å². The molecule has 0 amide bonds. The molecule has 3 nitrogen and oxygen atoms in total. The Hall–Kier alpha value is -0.750. The van der Waals surface area contributed by atoms with Gasteiger partial charge < -0.3 is 15.2 Å². The molecule has 0 spiro atoms. The summed E-state index contributed by atoms with van der Waals surface area (Å²) < 4.78 is 11.4. The van der Waals surface area contributed by atoms with Crippen molar-refractivity contribution in [3.8, 4) is 11.5 Å². The lowest BCUT2D eigenvalue weighted by Gasteiger charge is -2.14. The zero-order valence-electron chi connectivity index (χ0n) is 8.79. The Labute approximate surface area is 103 Å². The third-order valence-electron chi connectivity index (χ3n) is 2.09. The predicted molar refractivity (Wildman–Crippen MR) is 69.4 cm³/mol. The molecule has 0 bridgehead atoms. The molecule has 82 valence electrons. The lowest BCUT2D eigenvalue weighted by Crippen LogP contribution is -2.07. The molecule has 4 heteroatoms. The number of methoxy groups -OCH3 is 2. The van der Waals surface area contributed by atoms with Crippen LogP contribution in [0.1, 0.15) is 11.6 Å². The number of benzene rings is 1. The minimum Gasteiger partial charge on any atom is -0.493 e. The smallest absolute Gasteiger partial charge is 0.174 e. The summed E-state index contributed by atoms with van der Waals surface area (Å²) in [5.74, 6) is 1.43. The summed E-state index contributed by atoms with van der Waals surface area (Å²) in [4.78, 5) is 0. The fourth-order valence-corrected chi connectivity index (χ4v) is 2.11. The van der Waals surface area contributed by atoms with Gasteiger partial charge in [0.05, 0.1) is 17.8 Å². The molecular formula is C11H14INO2. The molecule has 0 aliphatic carbocycles. The van der Waals surface area contributed by atoms with Gasteiger partial charge in [-0.05, 0) is 40.3 Å². The van der Waals surface area contributed by atoms with Gasteiger partial charge in [0.1, 0.15) is 0 Å². The molecule has 1 aromatic carbocycles. The summed E-state index contributed by atoms with van der Waals surface area (Å²) in [7, 11) is 3.23. The largest absolute Gasteiger partial charge is 0.493 e. The summed E-state index contributed by atoms with van der Waals surface area (Å²) >= 11 is 2.19. The van der Waals surface area contributed by atoms with Crippen molar-refractivity contribution in [1.82, 2.24) is 0 Å². The highest BCUT2D eigenvalue weighted by Gasteiger charge is 2.12. The molecule has 0 aliphatic heterocycles. The Bertz CT molecular complexity index is 366. The molecule has 1 aromatic rings. The zero-order valence-corrected chi connectivity index (χ0v) is 10.9. The van der Waals surface area contributed by atoms with Crippen LogP contribution in [0.25, 0.3) is 0 Å². The Morgan fingerprint density at radius 2 is 2.07 bits per heavy atom. The van der Waals surface area contributed by atoms with Gasteiger partial charge in [0.15, 0.2) is 11.5 Å². The number of nitrogens with two attached hydrogens (primary N) is 1. The second-order valence-electron chi connectivity index (χ2n) is 3.00. The van der Waals surface area contributed by atoms with Gasteiger partial charge in [0.25, 0.3) is 0 Å². The highest BCUT2D eigenvalue weighted by Crippen LogP contribution is 2.34. The van der Waals surface area contributed by atoms with Crippen LogP contribution in [-0.4, -0.2) is 14.2 Å². The van der Waals surface area contributed by atoms with Gasteiger partial charge in [0, 0.05) is 6.04 Å². The van der Waals surface area contributed by atoms with E-state index in [1.165, 1.54) is 0 Å². The first kappa shape index (κ1) is 12.3. The van der Waals surface area contributed by atoms with Crippen LogP contribution in [0.15, 0.2) is 24.8 Å². The number of hydrogen-bond acceptors (Lipinski definition) is 3. The molecule has 0 aromatic heterocycles. The molecule has 0 saturated carbocycles. The van der Waals surface area contributed by atoms with Crippen LogP contribution in [0.2, 0.25) is 0 Å². The third-order valence-corrected chi connectivity index (χ3v) is 2.90. The van der Waals surface area contributed by atoms with E-state index < -0.39 is 0 Å². The van der Waals surface area contributed by atoms with E-state index in [1.54, 1.807) is 20.3 Å². The van der Waals surface area contributed by atoms with Gasteiger partial charge in [-0.15, -0.1) is 6.58 Å². The Balaban J connectivity index is 3.25. The maximum Gasteiger partial charge on any atom is 0.174 e. The van der Waals surface area contributed by atoms with E-state index >= 15 is 0 Å². The van der Waals surface area contributed by atoms with Gasteiger partial charge in [0.2, 0.25) is 0 Å². The summed E-state index contributed by atoms with van der Waals surface area (Å²) in [5, 5.41) is 0. The molecule has 1 unspecified atom stereocenters. The molecule has 0 fully saturated rings. The third kappa shape index (κ3) is 2.63. The Morgan fingerprint density at radius 3 is 2.53 bits per heavy atom. The van der Waals surface area contributed by atoms with Gasteiger partial charge in [-0.2, -0.15) is 0 Å². The first-order valence-electron chi connectivity index (χ1n) is 4.43. The van der Waals surface area contributed by atoms with Crippen molar-refractivity contribution in [2.75, 3.05) is 14.2 Å². The average molecular weight is 319 g/mol. The first-order valence-corrected chi connectivity index (χ1v) is 5.51. The average Bonchev–Trinajstić information content (AvgIpc) is 2.26. The van der Waals surface area contributed by atoms with Gasteiger partial charge in [-0.3, -0.25) is 0 Å². The lowest BCUT2D eigenvalue weighted by atomic mass is 10.1. The van der Waals surface area contributed by atoms with Crippen LogP contribution in [-0.2, 0) is 0 Å². The summed E-state index contributed by atoms with van der Waals surface area (Å²) in [6, 6.07) is 3.65. The van der Waals surface area contributed by atoms with Gasteiger partial charge >= 0.3 is 0 Å². The highest BCUT2D eigenvalue weighted by molar-refractivity contribution is 14.1. The van der Waals surface area contributed by atoms with Crippen LogP contribution >= 0.6 is 22.6 Å². The van der Waals surface area contributed by atoms with E-state index in [1.807, 2.05) is 12.1 Å². The number of ether oxygens (including phenoxy) is 2. The van der Waals surface area contributed by atoms with Crippen molar-refractivity contribution in [3.63, 3.8) is 0 Å². The maximum atomic E-state index is 5.86. The number of hydrogen-bond donors (Lipinski definition) is 1. The lowest BCUT2D eigenvalue weighted by molar-refractivity contribution is 0.352. The van der Waals surface area contributed by atoms with Crippen molar-refractivity contribution >= 4 is 22.6 Å². The zero-order chi connectivity index (χ0) is 11.4. The molecule has 0 radical (unpaired) electrons. The van der Waals surface area contributed by atoms with Crippen molar-refractivity contribution < 1.29 is 9.47 Å². The minimum atomic E-state index is -0.182. The maximum absolute atomic E-state index is 5.86. The van der Waals surface area contributed by atoms with Crippen LogP contribution in [0.5, 0.6) is 11.5 Å². The van der Waals surface area contributed by atoms with E-state index in [9.17, 15) is 0 Å². The quantitative estimate of drug-likeness (QED) is 0.685. The summed E-state index contributed by atoms with van der Waals surface area (Å²) in [6.45, 7) is 3.67. The first-order chi connectivity index (χ1) is 7.13. The van der Waals surface area contributed by atoms with Crippen LogP contribution in [0.3, 0.4) is 0 Å². The molecule has 0 saturated heterocycles. The van der Waals surface area contributed by atoms with Gasteiger partial charge in [-0.25, -0.2) is 0 Å². The summed E-state index contributed by atoms with van der Waals surface area (Å²) in [6.07, 6.45) is 1.69. The van der Waals surface area contributed by atoms with E-state index in [2.05, 4.69) is 29.2 Å². The van der Waals surface area contributed by atoms with Crippen LogP contribution < -0.4 is 15.2 Å². The number of rotatable bonds is 4. The van der Waals surface area contributed by atoms with Crippen molar-refractivity contribution in [3.05, 3.63) is 33.9 Å². The monoisotopic (exact) mass is 319 g/mol. The van der Waals surface area contributed by atoms with E-state index in [0.717, 1.165) is 14.9 Å². The molecule has 0 heterocycles. The molecule has 1 atom stereocenters. The fraction of sp³-hybridized carbons (Fsp3) is 0.273. The SMILES string of the molecule is C=CC(N)c1cc(I)c(OC)c(OC)c1. The molecule has 2 N–H and O–H groups in total. The minimum absolute atomic E-state index is 0.182. The molecular weight excluding hydrogens is 305 g/mol. The van der Waals surface area contributed by atoms with E-state index in [0.29, 0.717) is 5.75 Å². The highest BCUT2D eigenvalue weighted by atomic mass is 127. The van der Waals surface area contributed by atoms with Crippen molar-refractivity contribution in [2.45, 2.75) is 6.04 Å². The molecule has 0 aliphatic rings. The second kappa shape index (κ2) is 5.37. The number of halogens is 1. The standard InChI is InChI=1S/C11H14INO2/c1-4-9(13)7-5-8(12)11(15-3)10(6-7)14-2/h4-6,9H,1,13H2,2-3H3. The van der Waals surface area contributed by atoms with Crippen LogP contribution in [0.4, 0.5) is 0 Å². The second-order valence-corrected chi connectivity index (χ2v) is 4.16. The summed E-state index contributed by atoms with van der Waals surface area (Å²) in [5.41, 5.74) is 6.83. The normalized spacial score (nSPS) is 12.0. The van der Waals surface area contributed by atoms with E-state index in [4.69, 9.17) is 15.2 Å². The van der Waals surface area contributed by atoms with Gasteiger partial charge in [-0.1, -0.05) is 6.08 Å². The molecule has 1 rings (SSSR count). The van der Waals surface area contributed by atoms with E-state index in [-0.39, 0.29) is 6.04 Å².